The van der Waals surface area contributed by atoms with Gasteiger partial charge in [-0.15, -0.1) is 0 Å². The van der Waals surface area contributed by atoms with Crippen molar-refractivity contribution >= 4 is 11.8 Å². The van der Waals surface area contributed by atoms with Gasteiger partial charge < -0.3 is 34.3 Å². The van der Waals surface area contributed by atoms with Crippen molar-refractivity contribution in [3.63, 3.8) is 0 Å². The van der Waals surface area contributed by atoms with Crippen molar-refractivity contribution in [2.24, 2.45) is 5.41 Å². The molecule has 9 nitrogen and oxygen atoms in total. The average molecular weight is 563 g/mol. The Morgan fingerprint density at radius 1 is 0.925 bits per heavy atom. The van der Waals surface area contributed by atoms with Gasteiger partial charge in [0.1, 0.15) is 6.10 Å². The molecule has 4 heterocycles. The summed E-state index contributed by atoms with van der Waals surface area (Å²) in [6.45, 7) is 13.4. The summed E-state index contributed by atoms with van der Waals surface area (Å²) < 4.78 is 24.3. The molecule has 0 amide bonds. The number of ketones is 1. The second-order valence-electron chi connectivity index (χ2n) is 12.8. The van der Waals surface area contributed by atoms with Gasteiger partial charge in [0, 0.05) is 31.1 Å². The Morgan fingerprint density at radius 3 is 2.23 bits per heavy atom. The minimum Gasteiger partial charge on any atom is -0.459 e. The highest BCUT2D eigenvalue weighted by molar-refractivity contribution is 5.87. The lowest BCUT2D eigenvalue weighted by Gasteiger charge is -2.45. The Hall–Kier alpha value is -1.88. The summed E-state index contributed by atoms with van der Waals surface area (Å²) in [5, 5.41) is 32.6. The van der Waals surface area contributed by atoms with Gasteiger partial charge >= 0.3 is 5.97 Å². The predicted octanol–water partition coefficient (Wildman–Crippen LogP) is 3.44. The predicted molar refractivity (Wildman–Crippen MR) is 147 cm³/mol. The van der Waals surface area contributed by atoms with E-state index in [4.69, 9.17) is 18.9 Å². The number of Topliss-reactive ketones (excluding diaryl/α,β-unsaturated/α-hetero) is 1. The van der Waals surface area contributed by atoms with E-state index in [2.05, 4.69) is 13.2 Å². The van der Waals surface area contributed by atoms with E-state index in [1.807, 2.05) is 6.08 Å². The van der Waals surface area contributed by atoms with E-state index in [0.29, 0.717) is 38.5 Å². The third-order valence-electron chi connectivity index (χ3n) is 8.58. The number of rotatable bonds is 1. The standard InChI is InChI=1S/C31H46O9/c1-18-10-22-8-9-30(4,5)31(36)28(34)7-6-23(40-31)17-27(20(3)32)39-29(35)15-21(33)14-24-11-19(2)13-26(38-24)16-25(12-18)37-22/h8-9,20-27,32-33,36H,1-2,6-7,10-17H2,3-5H3/b9-8-/t20-,21-,22+,23+,24+,25+,26-,27-,31-/m1/s1. The number of aliphatic hydroxyl groups excluding tert-OH is 2. The molecule has 0 aromatic rings. The molecule has 0 spiro atoms. The second kappa shape index (κ2) is 12.5. The lowest BCUT2D eigenvalue weighted by Crippen LogP contribution is -2.58. The third-order valence-corrected chi connectivity index (χ3v) is 8.58. The molecule has 0 unspecified atom stereocenters. The number of ether oxygens (including phenoxy) is 4. The van der Waals surface area contributed by atoms with Crippen LogP contribution >= 0.6 is 0 Å². The van der Waals surface area contributed by atoms with Crippen molar-refractivity contribution in [2.75, 3.05) is 0 Å². The maximum atomic E-state index is 13.0. The third kappa shape index (κ3) is 7.49. The SMILES string of the molecule is C=C1C[C@@H]2C[C@@H]3CC(=C)C[C@H](/C=C\C(C)(C)[C@]4(O)O[C@@H](CCC4=O)C[C@H]([C@@H](C)O)OC(=O)C[C@H](O)C[C@H](C1)O2)O3. The average Bonchev–Trinajstić information content (AvgIpc) is 2.83. The number of esters is 1. The minimum atomic E-state index is -2.10. The van der Waals surface area contributed by atoms with E-state index in [9.17, 15) is 24.9 Å². The highest BCUT2D eigenvalue weighted by Gasteiger charge is 2.53. The number of carbonyl (C=O) groups excluding carboxylic acids is 2. The van der Waals surface area contributed by atoms with Gasteiger partial charge in [0.05, 0.1) is 49.1 Å². The number of carbonyl (C=O) groups is 2. The van der Waals surface area contributed by atoms with Crippen LogP contribution in [0.5, 0.6) is 0 Å². The maximum absolute atomic E-state index is 13.0. The van der Waals surface area contributed by atoms with Crippen molar-refractivity contribution in [3.8, 4) is 0 Å². The van der Waals surface area contributed by atoms with Crippen LogP contribution < -0.4 is 0 Å². The summed E-state index contributed by atoms with van der Waals surface area (Å²) in [7, 11) is 0. The molecule has 9 atom stereocenters. The van der Waals surface area contributed by atoms with Gasteiger partial charge in [0.2, 0.25) is 5.79 Å². The summed E-state index contributed by atoms with van der Waals surface area (Å²) in [6, 6.07) is 0. The molecule has 3 N–H and O–H groups in total. The van der Waals surface area contributed by atoms with Crippen LogP contribution in [-0.4, -0.2) is 81.7 Å². The molecule has 0 aromatic carbocycles. The zero-order valence-electron chi connectivity index (χ0n) is 24.0. The van der Waals surface area contributed by atoms with Gasteiger partial charge in [0.25, 0.3) is 0 Å². The summed E-state index contributed by atoms with van der Waals surface area (Å²) in [5.74, 6) is -3.18. The van der Waals surface area contributed by atoms with Gasteiger partial charge in [-0.25, -0.2) is 0 Å². The van der Waals surface area contributed by atoms with Crippen LogP contribution in [0.4, 0.5) is 0 Å². The van der Waals surface area contributed by atoms with Crippen molar-refractivity contribution in [2.45, 2.75) is 140 Å². The fourth-order valence-corrected chi connectivity index (χ4v) is 6.32. The first-order valence-corrected chi connectivity index (χ1v) is 14.6. The van der Waals surface area contributed by atoms with E-state index in [1.165, 1.54) is 6.92 Å². The fourth-order valence-electron chi connectivity index (χ4n) is 6.32. The van der Waals surface area contributed by atoms with Crippen molar-refractivity contribution in [1.29, 1.82) is 0 Å². The fraction of sp³-hybridized carbons (Fsp3) is 0.742. The Morgan fingerprint density at radius 2 is 1.55 bits per heavy atom. The van der Waals surface area contributed by atoms with Crippen LogP contribution in [0.2, 0.25) is 0 Å². The zero-order valence-corrected chi connectivity index (χ0v) is 24.0. The first kappa shape index (κ1) is 31.1. The molecule has 4 aliphatic heterocycles. The first-order valence-electron chi connectivity index (χ1n) is 14.6. The normalized spacial score (nSPS) is 41.5. The Kier molecular flexibility index (Phi) is 9.75. The number of hydrogen-bond donors (Lipinski definition) is 3. The summed E-state index contributed by atoms with van der Waals surface area (Å²) in [5.41, 5.74) is 0.989. The number of fused-ring (bicyclic) bond motifs is 6. The van der Waals surface area contributed by atoms with Gasteiger partial charge in [-0.3, -0.25) is 9.59 Å². The molecule has 4 aliphatic rings. The van der Waals surface area contributed by atoms with Crippen LogP contribution in [0.3, 0.4) is 0 Å². The molecule has 40 heavy (non-hydrogen) atoms. The molecule has 0 radical (unpaired) electrons. The van der Waals surface area contributed by atoms with Crippen LogP contribution in [-0.2, 0) is 28.5 Å². The van der Waals surface area contributed by atoms with Crippen LogP contribution in [0.25, 0.3) is 0 Å². The number of cyclic esters (lactones) is 1. The Bertz CT molecular complexity index is 1000. The molecular weight excluding hydrogens is 516 g/mol. The molecule has 0 saturated carbocycles. The molecule has 224 valence electrons. The Labute approximate surface area is 237 Å². The van der Waals surface area contributed by atoms with Crippen LogP contribution in [0.15, 0.2) is 36.5 Å². The topological polar surface area (TPSA) is 132 Å². The molecule has 3 saturated heterocycles. The van der Waals surface area contributed by atoms with Gasteiger partial charge in [-0.2, -0.15) is 0 Å². The number of aliphatic hydroxyl groups is 3. The van der Waals surface area contributed by atoms with E-state index >= 15 is 0 Å². The van der Waals surface area contributed by atoms with Crippen molar-refractivity contribution in [3.05, 3.63) is 36.5 Å². The molecular formula is C31H46O9. The van der Waals surface area contributed by atoms with Crippen LogP contribution in [0.1, 0.15) is 85.0 Å². The molecule has 0 aliphatic carbocycles. The largest absolute Gasteiger partial charge is 0.459 e. The van der Waals surface area contributed by atoms with Crippen molar-refractivity contribution < 1.29 is 43.9 Å². The molecule has 4 rings (SSSR count). The molecule has 3 fully saturated rings. The van der Waals surface area contributed by atoms with E-state index in [1.54, 1.807) is 19.9 Å². The summed E-state index contributed by atoms with van der Waals surface area (Å²) in [6.07, 6.45) is 3.02. The quantitative estimate of drug-likeness (QED) is 0.325. The second-order valence-corrected chi connectivity index (χ2v) is 12.8. The highest BCUT2D eigenvalue weighted by Crippen LogP contribution is 2.42. The van der Waals surface area contributed by atoms with E-state index < -0.39 is 47.4 Å². The Balaban J connectivity index is 1.61. The van der Waals surface area contributed by atoms with Crippen LogP contribution in [0, 0.1) is 5.41 Å². The molecule has 0 aromatic heterocycles. The van der Waals surface area contributed by atoms with Gasteiger partial charge in [-0.1, -0.05) is 50.3 Å². The van der Waals surface area contributed by atoms with E-state index in [0.717, 1.165) is 11.1 Å². The van der Waals surface area contributed by atoms with Gasteiger partial charge in [0.15, 0.2) is 5.78 Å². The number of hydrogen-bond acceptors (Lipinski definition) is 9. The minimum absolute atomic E-state index is 0.0878. The lowest BCUT2D eigenvalue weighted by atomic mass is 9.76. The maximum Gasteiger partial charge on any atom is 0.308 e. The molecule has 6 bridgehead atoms. The summed E-state index contributed by atoms with van der Waals surface area (Å²) in [4.78, 5) is 25.7. The van der Waals surface area contributed by atoms with Gasteiger partial charge in [-0.05, 0) is 39.0 Å². The smallest absolute Gasteiger partial charge is 0.308 e. The monoisotopic (exact) mass is 562 g/mol. The lowest BCUT2D eigenvalue weighted by molar-refractivity contribution is -0.274. The van der Waals surface area contributed by atoms with Crippen molar-refractivity contribution in [1.82, 2.24) is 0 Å². The first-order chi connectivity index (χ1) is 18.7. The molecule has 9 heteroatoms. The highest BCUT2D eigenvalue weighted by atomic mass is 16.6. The van der Waals surface area contributed by atoms with E-state index in [-0.39, 0.29) is 50.1 Å². The zero-order chi connectivity index (χ0) is 29.2. The summed E-state index contributed by atoms with van der Waals surface area (Å²) >= 11 is 0.